The van der Waals surface area contributed by atoms with Gasteiger partial charge in [0.25, 0.3) is 5.91 Å². The number of hydrogen-bond donors (Lipinski definition) is 1. The number of pyridine rings is 1. The van der Waals surface area contributed by atoms with Crippen molar-refractivity contribution in [3.8, 4) is 5.75 Å². The minimum absolute atomic E-state index is 0.0689. The average molecular weight is 455 g/mol. The van der Waals surface area contributed by atoms with Crippen LogP contribution in [0.25, 0.3) is 0 Å². The van der Waals surface area contributed by atoms with Crippen molar-refractivity contribution in [1.82, 2.24) is 10.3 Å². The summed E-state index contributed by atoms with van der Waals surface area (Å²) in [7, 11) is 0. The van der Waals surface area contributed by atoms with Gasteiger partial charge in [0.15, 0.2) is 17.7 Å². The Morgan fingerprint density at radius 1 is 1.15 bits per heavy atom. The number of carbonyl (C=O) groups excluding carboxylic acids is 2. The predicted molar refractivity (Wildman–Crippen MR) is 125 cm³/mol. The third kappa shape index (κ3) is 6.62. The van der Waals surface area contributed by atoms with Crippen LogP contribution in [0.4, 0.5) is 0 Å². The van der Waals surface area contributed by atoms with Gasteiger partial charge in [-0.2, -0.15) is 0 Å². The predicted octanol–water partition coefficient (Wildman–Crippen LogP) is 3.96. The van der Waals surface area contributed by atoms with Gasteiger partial charge in [0.2, 0.25) is 0 Å². The number of benzene rings is 1. The summed E-state index contributed by atoms with van der Waals surface area (Å²) < 4.78 is 17.0. The maximum absolute atomic E-state index is 12.7. The van der Waals surface area contributed by atoms with Gasteiger partial charge in [-0.1, -0.05) is 52.0 Å². The van der Waals surface area contributed by atoms with Crippen molar-refractivity contribution in [2.24, 2.45) is 5.92 Å². The Morgan fingerprint density at radius 2 is 1.79 bits per heavy atom. The van der Waals surface area contributed by atoms with Crippen molar-refractivity contribution in [2.75, 3.05) is 13.2 Å². The van der Waals surface area contributed by atoms with E-state index in [1.165, 1.54) is 24.2 Å². The average Bonchev–Trinajstić information content (AvgIpc) is 2.75. The fourth-order valence-corrected chi connectivity index (χ4v) is 3.77. The first-order valence-electron chi connectivity index (χ1n) is 11.3. The number of amides is 1. The zero-order valence-corrected chi connectivity index (χ0v) is 20.3. The molecule has 1 fully saturated rings. The summed E-state index contributed by atoms with van der Waals surface area (Å²) in [4.78, 5) is 28.2. The van der Waals surface area contributed by atoms with Gasteiger partial charge in [-0.05, 0) is 41.5 Å². The molecule has 1 aromatic carbocycles. The highest BCUT2D eigenvalue weighted by Crippen LogP contribution is 2.25. The summed E-state index contributed by atoms with van der Waals surface area (Å²) in [5.74, 6) is -0.604. The molecule has 0 saturated carbocycles. The number of aromatic nitrogens is 1. The van der Waals surface area contributed by atoms with Gasteiger partial charge < -0.3 is 19.5 Å². The molecule has 0 radical (unpaired) electrons. The molecule has 1 aliphatic rings. The maximum atomic E-state index is 12.7. The van der Waals surface area contributed by atoms with E-state index in [9.17, 15) is 9.59 Å². The molecule has 33 heavy (non-hydrogen) atoms. The fraction of sp³-hybridized carbons (Fsp3) is 0.500. The highest BCUT2D eigenvalue weighted by atomic mass is 16.7. The number of nitrogens with zero attached hydrogens (tertiary/aromatic N) is 1. The molecular formula is C26H34N2O5. The van der Waals surface area contributed by atoms with Crippen molar-refractivity contribution in [3.63, 3.8) is 0 Å². The Kier molecular flexibility index (Phi) is 7.87. The Hall–Kier alpha value is -2.77. The van der Waals surface area contributed by atoms with E-state index in [0.29, 0.717) is 18.8 Å². The number of esters is 1. The van der Waals surface area contributed by atoms with Crippen LogP contribution in [-0.2, 0) is 26.1 Å². The van der Waals surface area contributed by atoms with E-state index in [1.807, 2.05) is 0 Å². The first-order valence-corrected chi connectivity index (χ1v) is 11.3. The third-order valence-corrected chi connectivity index (χ3v) is 5.66. The lowest BCUT2D eigenvalue weighted by atomic mass is 9.86. The molecule has 1 unspecified atom stereocenters. The van der Waals surface area contributed by atoms with E-state index in [-0.39, 0.29) is 35.1 Å². The first kappa shape index (κ1) is 24.9. The van der Waals surface area contributed by atoms with Gasteiger partial charge >= 0.3 is 5.97 Å². The molecule has 7 heteroatoms. The minimum Gasteiger partial charge on any atom is -0.424 e. The van der Waals surface area contributed by atoms with Crippen molar-refractivity contribution < 1.29 is 23.8 Å². The lowest BCUT2D eigenvalue weighted by Gasteiger charge is -2.33. The van der Waals surface area contributed by atoms with Crippen LogP contribution in [0.1, 0.15) is 61.8 Å². The summed E-state index contributed by atoms with van der Waals surface area (Å²) in [5, 5.41) is 2.86. The summed E-state index contributed by atoms with van der Waals surface area (Å²) >= 11 is 0. The van der Waals surface area contributed by atoms with Crippen LogP contribution in [0, 0.1) is 12.8 Å². The van der Waals surface area contributed by atoms with E-state index < -0.39 is 11.9 Å². The van der Waals surface area contributed by atoms with E-state index in [4.69, 9.17) is 14.2 Å². The quantitative estimate of drug-likeness (QED) is 0.665. The number of carbonyl (C=O) groups is 2. The standard InChI is InChI=1S/C26H34N2O5/c1-16-11-12-27-22(23(16)33-18(3)29)24(30)28-21-14-31-25(32-15-21)17(2)13-19-7-9-20(10-8-19)26(4,5)6/h7-12,17,21,25H,13-15H2,1-6H3,(H,28,30). The highest BCUT2D eigenvalue weighted by molar-refractivity contribution is 5.96. The van der Waals surface area contributed by atoms with Crippen LogP contribution in [0.3, 0.4) is 0 Å². The van der Waals surface area contributed by atoms with Crippen LogP contribution < -0.4 is 10.1 Å². The summed E-state index contributed by atoms with van der Waals surface area (Å²) in [6, 6.07) is 10.1. The normalized spacial score (nSPS) is 19.6. The van der Waals surface area contributed by atoms with Crippen molar-refractivity contribution in [1.29, 1.82) is 0 Å². The van der Waals surface area contributed by atoms with E-state index in [2.05, 4.69) is 62.3 Å². The molecule has 2 heterocycles. The Labute approximate surface area is 195 Å². The van der Waals surface area contributed by atoms with E-state index in [1.54, 1.807) is 13.0 Å². The highest BCUT2D eigenvalue weighted by Gasteiger charge is 2.29. The summed E-state index contributed by atoms with van der Waals surface area (Å²) in [6.07, 6.45) is 2.01. The monoisotopic (exact) mass is 454 g/mol. The maximum Gasteiger partial charge on any atom is 0.308 e. The molecule has 1 amide bonds. The van der Waals surface area contributed by atoms with Gasteiger partial charge in [-0.15, -0.1) is 0 Å². The second-order valence-electron chi connectivity index (χ2n) is 9.73. The van der Waals surface area contributed by atoms with E-state index >= 15 is 0 Å². The molecule has 3 rings (SSSR count). The molecule has 1 atom stereocenters. The largest absolute Gasteiger partial charge is 0.424 e. The summed E-state index contributed by atoms with van der Waals surface area (Å²) in [6.45, 7) is 12.4. The molecule has 7 nitrogen and oxygen atoms in total. The second kappa shape index (κ2) is 10.4. The molecule has 0 aliphatic carbocycles. The lowest BCUT2D eigenvalue weighted by Crippen LogP contribution is -2.48. The fourth-order valence-electron chi connectivity index (χ4n) is 3.77. The summed E-state index contributed by atoms with van der Waals surface area (Å²) in [5.41, 5.74) is 3.40. The zero-order valence-electron chi connectivity index (χ0n) is 20.3. The van der Waals surface area contributed by atoms with E-state index in [0.717, 1.165) is 6.42 Å². The topological polar surface area (TPSA) is 86.8 Å². The van der Waals surface area contributed by atoms with Crippen LogP contribution in [0.2, 0.25) is 0 Å². The molecule has 1 aromatic heterocycles. The van der Waals surface area contributed by atoms with Crippen LogP contribution >= 0.6 is 0 Å². The van der Waals surface area contributed by atoms with Crippen molar-refractivity contribution >= 4 is 11.9 Å². The molecule has 0 spiro atoms. The Balaban J connectivity index is 1.53. The minimum atomic E-state index is -0.505. The van der Waals surface area contributed by atoms with Gasteiger partial charge in [0, 0.05) is 19.0 Å². The van der Waals surface area contributed by atoms with Gasteiger partial charge in [0.05, 0.1) is 19.3 Å². The first-order chi connectivity index (χ1) is 15.5. The number of nitrogens with one attached hydrogen (secondary N) is 1. The zero-order chi connectivity index (χ0) is 24.2. The number of ether oxygens (including phenoxy) is 3. The number of aryl methyl sites for hydroxylation is 1. The van der Waals surface area contributed by atoms with Gasteiger partial charge in [-0.3, -0.25) is 9.59 Å². The molecule has 1 N–H and O–H groups in total. The lowest BCUT2D eigenvalue weighted by molar-refractivity contribution is -0.210. The van der Waals surface area contributed by atoms with Crippen LogP contribution in [-0.4, -0.2) is 42.4 Å². The van der Waals surface area contributed by atoms with Gasteiger partial charge in [0.1, 0.15) is 0 Å². The molecule has 1 aliphatic heterocycles. The van der Waals surface area contributed by atoms with Crippen LogP contribution in [0.5, 0.6) is 5.75 Å². The molecule has 1 saturated heterocycles. The van der Waals surface area contributed by atoms with Crippen molar-refractivity contribution in [2.45, 2.75) is 65.7 Å². The molecule has 0 bridgehead atoms. The number of rotatable bonds is 6. The smallest absolute Gasteiger partial charge is 0.308 e. The Morgan fingerprint density at radius 3 is 2.36 bits per heavy atom. The number of hydrogen-bond acceptors (Lipinski definition) is 6. The third-order valence-electron chi connectivity index (χ3n) is 5.66. The van der Waals surface area contributed by atoms with Gasteiger partial charge in [-0.25, -0.2) is 4.98 Å². The molecule has 178 valence electrons. The van der Waals surface area contributed by atoms with Crippen LogP contribution in [0.15, 0.2) is 36.5 Å². The van der Waals surface area contributed by atoms with Crippen molar-refractivity contribution in [3.05, 3.63) is 58.9 Å². The molecule has 2 aromatic rings. The SMILES string of the molecule is CC(=O)Oc1c(C)ccnc1C(=O)NC1COC(C(C)Cc2ccc(C(C)(C)C)cc2)OC1. The molecular weight excluding hydrogens is 420 g/mol. The Bertz CT molecular complexity index is 973. The second-order valence-corrected chi connectivity index (χ2v) is 9.73.